The first-order chi connectivity index (χ1) is 13.3. The normalized spacial score (nSPS) is 14.4. The standard InChI is InChI=1S/C21H24N4O2/c26-21(6-5-17-15-23-19-4-2-1-3-18(17)19)24-14-16-7-8-22-20(13-16)25-9-11-27-12-10-25/h1-4,7-8,13,15,23H,5-6,9-12,14H2,(H,24,26). The number of nitrogens with zero attached hydrogens (tertiary/aromatic N) is 2. The molecule has 27 heavy (non-hydrogen) atoms. The number of aromatic amines is 1. The molecule has 2 N–H and O–H groups in total. The Morgan fingerprint density at radius 2 is 2.07 bits per heavy atom. The van der Waals surface area contributed by atoms with Gasteiger partial charge in [-0.05, 0) is 35.7 Å². The Hall–Kier alpha value is -2.86. The molecule has 3 heterocycles. The Balaban J connectivity index is 1.30. The molecule has 3 aromatic rings. The summed E-state index contributed by atoms with van der Waals surface area (Å²) >= 11 is 0. The summed E-state index contributed by atoms with van der Waals surface area (Å²) in [5.74, 6) is 1.01. The van der Waals surface area contributed by atoms with Gasteiger partial charge in [0.1, 0.15) is 5.82 Å². The van der Waals surface area contributed by atoms with Gasteiger partial charge in [0.2, 0.25) is 5.91 Å². The Morgan fingerprint density at radius 3 is 2.96 bits per heavy atom. The Labute approximate surface area is 158 Å². The molecule has 0 radical (unpaired) electrons. The Kier molecular flexibility index (Phi) is 5.34. The molecule has 0 atom stereocenters. The molecule has 1 aliphatic heterocycles. The van der Waals surface area contributed by atoms with Gasteiger partial charge in [-0.3, -0.25) is 4.79 Å². The summed E-state index contributed by atoms with van der Waals surface area (Å²) in [6.45, 7) is 3.69. The predicted molar refractivity (Wildman–Crippen MR) is 106 cm³/mol. The molecule has 140 valence electrons. The average molecular weight is 364 g/mol. The maximum atomic E-state index is 12.3. The number of hydrogen-bond donors (Lipinski definition) is 2. The molecule has 1 aromatic carbocycles. The number of hydrogen-bond acceptors (Lipinski definition) is 4. The third kappa shape index (κ3) is 4.28. The van der Waals surface area contributed by atoms with Crippen molar-refractivity contribution in [3.05, 3.63) is 59.9 Å². The highest BCUT2D eigenvalue weighted by molar-refractivity contribution is 5.84. The second-order valence-electron chi connectivity index (χ2n) is 6.76. The van der Waals surface area contributed by atoms with E-state index in [0.29, 0.717) is 13.0 Å². The maximum absolute atomic E-state index is 12.3. The van der Waals surface area contributed by atoms with E-state index in [9.17, 15) is 4.79 Å². The largest absolute Gasteiger partial charge is 0.378 e. The summed E-state index contributed by atoms with van der Waals surface area (Å²) in [6, 6.07) is 12.2. The number of pyridine rings is 1. The van der Waals surface area contributed by atoms with Crippen molar-refractivity contribution in [3.8, 4) is 0 Å². The van der Waals surface area contributed by atoms with Crippen LogP contribution >= 0.6 is 0 Å². The van der Waals surface area contributed by atoms with Crippen LogP contribution in [0, 0.1) is 0 Å². The van der Waals surface area contributed by atoms with E-state index in [4.69, 9.17) is 4.74 Å². The van der Waals surface area contributed by atoms with Gasteiger partial charge in [-0.25, -0.2) is 4.98 Å². The molecule has 6 nitrogen and oxygen atoms in total. The lowest BCUT2D eigenvalue weighted by Gasteiger charge is -2.28. The summed E-state index contributed by atoms with van der Waals surface area (Å²) in [6.07, 6.45) is 5.00. The van der Waals surface area contributed by atoms with Gasteiger partial charge >= 0.3 is 0 Å². The van der Waals surface area contributed by atoms with E-state index in [0.717, 1.165) is 49.6 Å². The number of aryl methyl sites for hydroxylation is 1. The Morgan fingerprint density at radius 1 is 1.22 bits per heavy atom. The third-order valence-electron chi connectivity index (χ3n) is 4.93. The molecule has 4 rings (SSSR count). The van der Waals surface area contributed by atoms with Crippen LogP contribution in [0.3, 0.4) is 0 Å². The van der Waals surface area contributed by atoms with Gasteiger partial charge in [-0.1, -0.05) is 18.2 Å². The van der Waals surface area contributed by atoms with Crippen molar-refractivity contribution in [1.29, 1.82) is 0 Å². The fourth-order valence-corrected chi connectivity index (χ4v) is 3.41. The van der Waals surface area contributed by atoms with E-state index >= 15 is 0 Å². The fraction of sp³-hybridized carbons (Fsp3) is 0.333. The van der Waals surface area contributed by atoms with Crippen molar-refractivity contribution < 1.29 is 9.53 Å². The summed E-state index contributed by atoms with van der Waals surface area (Å²) in [7, 11) is 0. The predicted octanol–water partition coefficient (Wildman–Crippen LogP) is 2.65. The van der Waals surface area contributed by atoms with Crippen molar-refractivity contribution in [2.75, 3.05) is 31.2 Å². The van der Waals surface area contributed by atoms with E-state index in [1.54, 1.807) is 6.20 Å². The molecular weight excluding hydrogens is 340 g/mol. The van der Waals surface area contributed by atoms with Crippen LogP contribution in [0.25, 0.3) is 10.9 Å². The molecule has 1 amide bonds. The quantitative estimate of drug-likeness (QED) is 0.705. The molecule has 2 aromatic heterocycles. The lowest BCUT2D eigenvalue weighted by Crippen LogP contribution is -2.36. The molecule has 1 aliphatic rings. The van der Waals surface area contributed by atoms with E-state index < -0.39 is 0 Å². The lowest BCUT2D eigenvalue weighted by molar-refractivity contribution is -0.121. The number of benzene rings is 1. The second kappa shape index (κ2) is 8.22. The summed E-state index contributed by atoms with van der Waals surface area (Å²) in [5.41, 5.74) is 3.35. The molecule has 0 spiro atoms. The monoisotopic (exact) mass is 364 g/mol. The number of fused-ring (bicyclic) bond motifs is 1. The van der Waals surface area contributed by atoms with Gasteiger partial charge in [-0.15, -0.1) is 0 Å². The highest BCUT2D eigenvalue weighted by Crippen LogP contribution is 2.19. The molecule has 6 heteroatoms. The van der Waals surface area contributed by atoms with Gasteiger partial charge in [0.25, 0.3) is 0 Å². The van der Waals surface area contributed by atoms with E-state index in [1.807, 2.05) is 36.5 Å². The number of anilines is 1. The third-order valence-corrected chi connectivity index (χ3v) is 4.93. The maximum Gasteiger partial charge on any atom is 0.220 e. The number of carbonyl (C=O) groups excluding carboxylic acids is 1. The fourth-order valence-electron chi connectivity index (χ4n) is 3.41. The van der Waals surface area contributed by atoms with Crippen LogP contribution in [0.2, 0.25) is 0 Å². The van der Waals surface area contributed by atoms with Crippen molar-refractivity contribution in [3.63, 3.8) is 0 Å². The number of aromatic nitrogens is 2. The highest BCUT2D eigenvalue weighted by Gasteiger charge is 2.13. The number of amides is 1. The smallest absolute Gasteiger partial charge is 0.220 e. The van der Waals surface area contributed by atoms with Crippen LogP contribution in [0.4, 0.5) is 5.82 Å². The molecule has 0 unspecified atom stereocenters. The number of rotatable bonds is 6. The number of morpholine rings is 1. The van der Waals surface area contributed by atoms with Crippen LogP contribution < -0.4 is 10.2 Å². The number of carbonyl (C=O) groups is 1. The zero-order chi connectivity index (χ0) is 18.5. The minimum absolute atomic E-state index is 0.0602. The van der Waals surface area contributed by atoms with Gasteiger partial charge in [-0.2, -0.15) is 0 Å². The van der Waals surface area contributed by atoms with Crippen molar-refractivity contribution in [1.82, 2.24) is 15.3 Å². The van der Waals surface area contributed by atoms with Crippen LogP contribution in [-0.4, -0.2) is 42.2 Å². The van der Waals surface area contributed by atoms with Crippen molar-refractivity contribution in [2.24, 2.45) is 0 Å². The van der Waals surface area contributed by atoms with Crippen LogP contribution in [0.15, 0.2) is 48.8 Å². The molecule has 0 aliphatic carbocycles. The van der Waals surface area contributed by atoms with Gasteiger partial charge < -0.3 is 19.9 Å². The molecule has 1 saturated heterocycles. The number of nitrogens with one attached hydrogen (secondary N) is 2. The topological polar surface area (TPSA) is 70.2 Å². The summed E-state index contributed by atoms with van der Waals surface area (Å²) in [5, 5.41) is 4.21. The van der Waals surface area contributed by atoms with Crippen LogP contribution in [-0.2, 0) is 22.5 Å². The molecule has 1 fully saturated rings. The van der Waals surface area contributed by atoms with Crippen LogP contribution in [0.1, 0.15) is 17.5 Å². The molecule has 0 bridgehead atoms. The number of H-pyrrole nitrogens is 1. The van der Waals surface area contributed by atoms with E-state index in [2.05, 4.69) is 26.3 Å². The molecular formula is C21H24N4O2. The number of para-hydroxylation sites is 1. The lowest BCUT2D eigenvalue weighted by atomic mass is 10.1. The van der Waals surface area contributed by atoms with E-state index in [-0.39, 0.29) is 5.91 Å². The van der Waals surface area contributed by atoms with Crippen molar-refractivity contribution >= 4 is 22.6 Å². The average Bonchev–Trinajstić information content (AvgIpc) is 3.15. The van der Waals surface area contributed by atoms with Crippen molar-refractivity contribution in [2.45, 2.75) is 19.4 Å². The number of ether oxygens (including phenoxy) is 1. The minimum Gasteiger partial charge on any atom is -0.378 e. The van der Waals surface area contributed by atoms with Crippen LogP contribution in [0.5, 0.6) is 0 Å². The van der Waals surface area contributed by atoms with Gasteiger partial charge in [0.15, 0.2) is 0 Å². The zero-order valence-electron chi connectivity index (χ0n) is 15.3. The molecule has 0 saturated carbocycles. The first kappa shape index (κ1) is 17.5. The highest BCUT2D eigenvalue weighted by atomic mass is 16.5. The Bertz CT molecular complexity index is 915. The minimum atomic E-state index is 0.0602. The summed E-state index contributed by atoms with van der Waals surface area (Å²) in [4.78, 5) is 22.2. The van der Waals surface area contributed by atoms with E-state index in [1.165, 1.54) is 10.9 Å². The summed E-state index contributed by atoms with van der Waals surface area (Å²) < 4.78 is 5.39. The second-order valence-corrected chi connectivity index (χ2v) is 6.76. The first-order valence-electron chi connectivity index (χ1n) is 9.39. The van der Waals surface area contributed by atoms with Gasteiger partial charge in [0, 0.05) is 49.4 Å². The zero-order valence-corrected chi connectivity index (χ0v) is 15.3. The van der Waals surface area contributed by atoms with Gasteiger partial charge in [0.05, 0.1) is 13.2 Å². The first-order valence-corrected chi connectivity index (χ1v) is 9.39. The SMILES string of the molecule is O=C(CCc1c[nH]c2ccccc12)NCc1ccnc(N2CCOCC2)c1.